The molecule has 0 radical (unpaired) electrons. The van der Waals surface area contributed by atoms with Crippen LogP contribution in [0, 0.1) is 20.9 Å². The minimum atomic E-state index is -1.64. The Morgan fingerprint density at radius 2 is 1.52 bits per heavy atom. The summed E-state index contributed by atoms with van der Waals surface area (Å²) >= 11 is 0. The molecule has 4 N–H and O–H groups in total. The molecule has 1 aromatic carbocycles. The van der Waals surface area contributed by atoms with Gasteiger partial charge in [-0.1, -0.05) is 6.07 Å². The van der Waals surface area contributed by atoms with E-state index in [1.807, 2.05) is 0 Å². The van der Waals surface area contributed by atoms with Gasteiger partial charge in [-0.15, -0.1) is 0 Å². The maximum Gasteiger partial charge on any atom is 0.343 e. The Bertz CT molecular complexity index is 568. The van der Waals surface area contributed by atoms with Crippen molar-refractivity contribution in [3.63, 3.8) is 0 Å². The second-order valence-electron chi connectivity index (χ2n) is 2.77. The number of carbonyl (C=O) groups excluding carboxylic acids is 2. The maximum atomic E-state index is 10.7. The van der Waals surface area contributed by atoms with Crippen LogP contribution >= 0.6 is 0 Å². The van der Waals surface area contributed by atoms with Crippen molar-refractivity contribution in [3.8, 4) is 0 Å². The molecule has 0 aromatic heterocycles. The molecule has 1 aromatic rings. The summed E-state index contributed by atoms with van der Waals surface area (Å²) in [5.74, 6) is -3.16. The minimum absolute atomic E-state index is 0.600. The van der Waals surface area contributed by atoms with Gasteiger partial charge in [0.1, 0.15) is 0 Å². The molecule has 0 bridgehead atoms. The molecule has 0 saturated carbocycles. The molecular formula is C10H7N3O8. The molecule has 0 unspecified atom stereocenters. The number of carbonyl (C=O) groups is 2. The summed E-state index contributed by atoms with van der Waals surface area (Å²) in [6, 6.07) is 3.06. The lowest BCUT2D eigenvalue weighted by molar-refractivity contribution is -0.385. The summed E-state index contributed by atoms with van der Waals surface area (Å²) in [5.41, 5.74) is -2.14. The van der Waals surface area contributed by atoms with Crippen LogP contribution in [0.25, 0.3) is 0 Å². The van der Waals surface area contributed by atoms with E-state index in [2.05, 4.69) is 0 Å². The topological polar surface area (TPSA) is 200 Å². The van der Waals surface area contributed by atoms with Gasteiger partial charge in [0, 0.05) is 6.07 Å². The standard InChI is InChI=1S/C8H5NO6.2CHNO/c10-7(11)4-2-1-3-5(9(14)15)6(4)8(12)13;2*2-1-3/h1-3H,(H,10,11)(H,12,13);2*2H. The molecule has 0 aliphatic rings. The smallest absolute Gasteiger partial charge is 0.343 e. The molecular weight excluding hydrogens is 290 g/mol. The van der Waals surface area contributed by atoms with Crippen LogP contribution in [0.3, 0.4) is 0 Å². The number of nitrogens with zero attached hydrogens (tertiary/aromatic N) is 1. The number of hydrogen-bond donors (Lipinski definition) is 4. The van der Waals surface area contributed by atoms with Crippen molar-refractivity contribution in [2.75, 3.05) is 0 Å². The quantitative estimate of drug-likeness (QED) is 0.271. The minimum Gasteiger partial charge on any atom is -0.478 e. The third-order valence-electron chi connectivity index (χ3n) is 1.68. The highest BCUT2D eigenvalue weighted by molar-refractivity contribution is 6.04. The molecule has 0 atom stereocenters. The Morgan fingerprint density at radius 1 is 1.10 bits per heavy atom. The Balaban J connectivity index is 0. The molecule has 0 fully saturated rings. The van der Waals surface area contributed by atoms with E-state index in [4.69, 9.17) is 30.6 Å². The number of rotatable bonds is 3. The lowest BCUT2D eigenvalue weighted by Crippen LogP contribution is -2.10. The molecule has 0 aliphatic heterocycles. The summed E-state index contributed by atoms with van der Waals surface area (Å²) in [6.45, 7) is 0. The summed E-state index contributed by atoms with van der Waals surface area (Å²) in [4.78, 5) is 47.5. The molecule has 0 saturated heterocycles. The van der Waals surface area contributed by atoms with Crippen molar-refractivity contribution in [2.45, 2.75) is 0 Å². The lowest BCUT2D eigenvalue weighted by atomic mass is 10.1. The molecule has 0 aliphatic carbocycles. The molecule has 0 amide bonds. The zero-order chi connectivity index (χ0) is 17.0. The van der Waals surface area contributed by atoms with Crippen LogP contribution in [0.4, 0.5) is 5.69 Å². The highest BCUT2D eigenvalue weighted by Gasteiger charge is 2.26. The van der Waals surface area contributed by atoms with E-state index in [9.17, 15) is 19.7 Å². The van der Waals surface area contributed by atoms with Gasteiger partial charge >= 0.3 is 11.9 Å². The van der Waals surface area contributed by atoms with E-state index in [-0.39, 0.29) is 0 Å². The van der Waals surface area contributed by atoms with Crippen molar-refractivity contribution in [1.29, 1.82) is 10.8 Å². The molecule has 11 nitrogen and oxygen atoms in total. The predicted molar refractivity (Wildman–Crippen MR) is 63.8 cm³/mol. The first-order valence-corrected chi connectivity index (χ1v) is 4.60. The van der Waals surface area contributed by atoms with Crippen molar-refractivity contribution >= 4 is 29.8 Å². The summed E-state index contributed by atoms with van der Waals surface area (Å²) < 4.78 is 0. The third kappa shape index (κ3) is 6.72. The lowest BCUT2D eigenvalue weighted by Gasteiger charge is -2.01. The zero-order valence-corrected chi connectivity index (χ0v) is 10.0. The maximum absolute atomic E-state index is 10.7. The first-order valence-electron chi connectivity index (χ1n) is 4.60. The number of nitro groups is 1. The Morgan fingerprint density at radius 3 is 1.81 bits per heavy atom. The Kier molecular flexibility index (Phi) is 9.60. The zero-order valence-electron chi connectivity index (χ0n) is 10.0. The van der Waals surface area contributed by atoms with Gasteiger partial charge in [-0.2, -0.15) is 0 Å². The monoisotopic (exact) mass is 297 g/mol. The molecule has 1 rings (SSSR count). The van der Waals surface area contributed by atoms with Crippen LogP contribution in [0.1, 0.15) is 20.7 Å². The fourth-order valence-electron chi connectivity index (χ4n) is 1.10. The van der Waals surface area contributed by atoms with Crippen molar-refractivity contribution in [1.82, 2.24) is 0 Å². The van der Waals surface area contributed by atoms with E-state index in [1.54, 1.807) is 0 Å². The van der Waals surface area contributed by atoms with Gasteiger partial charge in [-0.05, 0) is 6.07 Å². The van der Waals surface area contributed by atoms with E-state index in [0.717, 1.165) is 30.4 Å². The largest absolute Gasteiger partial charge is 0.478 e. The number of aromatic carboxylic acids is 2. The van der Waals surface area contributed by atoms with E-state index in [0.29, 0.717) is 0 Å². The number of isocyanates is 2. The Hall–Kier alpha value is -3.68. The third-order valence-corrected chi connectivity index (χ3v) is 1.68. The fraction of sp³-hybridized carbons (Fsp3) is 0. The first kappa shape index (κ1) is 19.7. The summed E-state index contributed by atoms with van der Waals surface area (Å²) in [7, 11) is 0. The van der Waals surface area contributed by atoms with Crippen LogP contribution in [-0.2, 0) is 9.59 Å². The van der Waals surface area contributed by atoms with E-state index < -0.39 is 33.7 Å². The molecule has 0 spiro atoms. The molecule has 11 heteroatoms. The number of carboxylic acid groups (broad SMARTS) is 2. The predicted octanol–water partition coefficient (Wildman–Crippen LogP) is 0.793. The highest BCUT2D eigenvalue weighted by atomic mass is 16.6. The van der Waals surface area contributed by atoms with Crippen molar-refractivity contribution in [2.24, 2.45) is 0 Å². The average Bonchev–Trinajstić information content (AvgIpc) is 2.39. The number of carboxylic acids is 2. The second kappa shape index (κ2) is 10.3. The van der Waals surface area contributed by atoms with Crippen LogP contribution in [0.2, 0.25) is 0 Å². The van der Waals surface area contributed by atoms with Crippen LogP contribution in [0.15, 0.2) is 18.2 Å². The van der Waals surface area contributed by atoms with Crippen LogP contribution < -0.4 is 0 Å². The SMILES string of the molecule is N=C=O.N=C=O.O=C(O)c1cccc([N+](=O)[O-])c1C(=O)O. The van der Waals surface area contributed by atoms with Gasteiger partial charge in [0.2, 0.25) is 12.2 Å². The number of nitrogens with one attached hydrogen (secondary N) is 2. The Labute approximate surface area is 115 Å². The summed E-state index contributed by atoms with van der Waals surface area (Å²) in [6.07, 6.45) is 1.50. The summed E-state index contributed by atoms with van der Waals surface area (Å²) in [5, 5.41) is 38.6. The van der Waals surface area contributed by atoms with Gasteiger partial charge in [-0.25, -0.2) is 30.0 Å². The number of nitro benzene ring substituents is 1. The highest BCUT2D eigenvalue weighted by Crippen LogP contribution is 2.22. The van der Waals surface area contributed by atoms with Crippen molar-refractivity contribution in [3.05, 3.63) is 39.4 Å². The number of hydrogen-bond acceptors (Lipinski definition) is 8. The van der Waals surface area contributed by atoms with Gasteiger partial charge in [0.25, 0.3) is 5.69 Å². The average molecular weight is 297 g/mol. The normalized spacial score (nSPS) is 7.62. The first-order chi connectivity index (χ1) is 9.78. The molecule has 110 valence electrons. The number of benzene rings is 1. The molecule has 21 heavy (non-hydrogen) atoms. The van der Waals surface area contributed by atoms with Crippen LogP contribution in [-0.4, -0.2) is 39.2 Å². The molecule has 0 heterocycles. The van der Waals surface area contributed by atoms with Crippen molar-refractivity contribution < 1.29 is 34.3 Å². The van der Waals surface area contributed by atoms with Gasteiger partial charge in [0.05, 0.1) is 10.5 Å². The van der Waals surface area contributed by atoms with Gasteiger partial charge in [0.15, 0.2) is 5.56 Å². The van der Waals surface area contributed by atoms with Gasteiger partial charge in [-0.3, -0.25) is 10.1 Å². The van der Waals surface area contributed by atoms with Gasteiger partial charge < -0.3 is 10.2 Å². The van der Waals surface area contributed by atoms with Crippen LogP contribution in [0.5, 0.6) is 0 Å². The van der Waals surface area contributed by atoms with E-state index >= 15 is 0 Å². The fourth-order valence-corrected chi connectivity index (χ4v) is 1.10. The second-order valence-corrected chi connectivity index (χ2v) is 2.77. The van der Waals surface area contributed by atoms with E-state index in [1.165, 1.54) is 0 Å².